The average molecular weight is 189 g/mol. The van der Waals surface area contributed by atoms with E-state index < -0.39 is 11.6 Å². The van der Waals surface area contributed by atoms with Crippen LogP contribution in [0.2, 0.25) is 0 Å². The molecule has 1 rings (SSSR count). The van der Waals surface area contributed by atoms with Crippen LogP contribution in [0.4, 0.5) is 8.78 Å². The van der Waals surface area contributed by atoms with Crippen molar-refractivity contribution in [1.82, 2.24) is 4.67 Å². The molecule has 1 unspecified atom stereocenters. The fourth-order valence-electron chi connectivity index (χ4n) is 0.877. The van der Waals surface area contributed by atoms with E-state index in [1.807, 2.05) is 18.8 Å². The van der Waals surface area contributed by atoms with Crippen molar-refractivity contribution in [3.8, 4) is 0 Å². The van der Waals surface area contributed by atoms with E-state index in [1.165, 1.54) is 12.1 Å². The molecule has 0 N–H and O–H groups in total. The van der Waals surface area contributed by atoms with Crippen molar-refractivity contribution < 1.29 is 8.78 Å². The van der Waals surface area contributed by atoms with Gasteiger partial charge in [0.15, 0.2) is 0 Å². The topological polar surface area (TPSA) is 3.24 Å². The van der Waals surface area contributed by atoms with Crippen LogP contribution in [0.1, 0.15) is 0 Å². The average Bonchev–Trinajstić information content (AvgIpc) is 1.81. The molecule has 0 radical (unpaired) electrons. The Balaban J connectivity index is 2.85. The van der Waals surface area contributed by atoms with Crippen molar-refractivity contribution in [1.29, 1.82) is 0 Å². The third-order valence-corrected chi connectivity index (χ3v) is 2.21. The molecule has 66 valence electrons. The molecule has 0 spiro atoms. The SMILES string of the molecule is CN(C)Pc1cc(F)cc(F)c1. The summed E-state index contributed by atoms with van der Waals surface area (Å²) in [7, 11) is 4.03. The molecule has 0 heterocycles. The molecule has 0 aliphatic heterocycles. The highest BCUT2D eigenvalue weighted by Gasteiger charge is 2.00. The van der Waals surface area contributed by atoms with E-state index in [4.69, 9.17) is 0 Å². The maximum atomic E-state index is 12.6. The lowest BCUT2D eigenvalue weighted by molar-refractivity contribution is 0.585. The van der Waals surface area contributed by atoms with E-state index in [-0.39, 0.29) is 0 Å². The van der Waals surface area contributed by atoms with Gasteiger partial charge in [-0.15, -0.1) is 0 Å². The maximum Gasteiger partial charge on any atom is 0.126 e. The normalized spacial score (nSPS) is 11.8. The molecule has 4 heteroatoms. The highest BCUT2D eigenvalue weighted by atomic mass is 31.1. The van der Waals surface area contributed by atoms with Gasteiger partial charge in [0.2, 0.25) is 0 Å². The quantitative estimate of drug-likeness (QED) is 0.640. The summed E-state index contributed by atoms with van der Waals surface area (Å²) in [5.41, 5.74) is 0. The Hall–Kier alpha value is -0.530. The summed E-state index contributed by atoms with van der Waals surface area (Å²) >= 11 is 0. The van der Waals surface area contributed by atoms with E-state index in [9.17, 15) is 8.78 Å². The fraction of sp³-hybridized carbons (Fsp3) is 0.250. The van der Waals surface area contributed by atoms with Crippen LogP contribution in [0.15, 0.2) is 18.2 Å². The van der Waals surface area contributed by atoms with Gasteiger partial charge in [0.1, 0.15) is 11.6 Å². The lowest BCUT2D eigenvalue weighted by Crippen LogP contribution is -2.07. The molecule has 0 aliphatic carbocycles. The molecule has 1 aromatic carbocycles. The highest BCUT2D eigenvalue weighted by Crippen LogP contribution is 2.14. The van der Waals surface area contributed by atoms with Crippen LogP contribution >= 0.6 is 8.73 Å². The van der Waals surface area contributed by atoms with E-state index in [1.54, 1.807) is 0 Å². The second-order valence-corrected chi connectivity index (χ2v) is 4.36. The van der Waals surface area contributed by atoms with Gasteiger partial charge in [-0.25, -0.2) is 8.78 Å². The lowest BCUT2D eigenvalue weighted by atomic mass is 10.3. The number of benzene rings is 1. The van der Waals surface area contributed by atoms with Gasteiger partial charge in [-0.2, -0.15) is 0 Å². The summed E-state index contributed by atoms with van der Waals surface area (Å²) in [5.74, 6) is -1.03. The Morgan fingerprint density at radius 3 is 2.00 bits per heavy atom. The van der Waals surface area contributed by atoms with Crippen molar-refractivity contribution in [3.63, 3.8) is 0 Å². The Morgan fingerprint density at radius 2 is 1.58 bits per heavy atom. The molecule has 0 amide bonds. The van der Waals surface area contributed by atoms with E-state index in [2.05, 4.69) is 0 Å². The molecule has 1 nitrogen and oxygen atoms in total. The zero-order chi connectivity index (χ0) is 9.14. The first-order valence-corrected chi connectivity index (χ1v) is 4.43. The zero-order valence-corrected chi connectivity index (χ0v) is 7.94. The number of rotatable bonds is 2. The first-order chi connectivity index (χ1) is 5.58. The molecule has 0 bridgehead atoms. The molecule has 0 fully saturated rings. The zero-order valence-electron chi connectivity index (χ0n) is 6.94. The maximum absolute atomic E-state index is 12.6. The van der Waals surface area contributed by atoms with E-state index >= 15 is 0 Å². The summed E-state index contributed by atoms with van der Waals surface area (Å²) in [6, 6.07) is 3.58. The Morgan fingerprint density at radius 1 is 1.08 bits per heavy atom. The van der Waals surface area contributed by atoms with Gasteiger partial charge in [-0.05, 0) is 40.3 Å². The predicted molar refractivity (Wildman–Crippen MR) is 48.0 cm³/mol. The Bertz CT molecular complexity index is 256. The molecule has 1 aromatic rings. The smallest absolute Gasteiger partial charge is 0.126 e. The first-order valence-electron chi connectivity index (χ1n) is 3.48. The molecule has 0 saturated heterocycles. The van der Waals surface area contributed by atoms with Crippen LogP contribution in [0.25, 0.3) is 0 Å². The second kappa shape index (κ2) is 3.92. The molecular formula is C8H10F2NP. The summed E-state index contributed by atoms with van der Waals surface area (Å²) in [5, 5.41) is 0.678. The molecule has 0 aromatic heterocycles. The van der Waals surface area contributed by atoms with Crippen LogP contribution in [0.5, 0.6) is 0 Å². The Kier molecular flexibility index (Phi) is 3.12. The summed E-state index contributed by atoms with van der Waals surface area (Å²) in [6.45, 7) is 0. The van der Waals surface area contributed by atoms with Gasteiger partial charge in [-0.1, -0.05) is 0 Å². The third-order valence-electron chi connectivity index (χ3n) is 1.22. The number of halogens is 2. The third kappa shape index (κ3) is 2.84. The van der Waals surface area contributed by atoms with Crippen LogP contribution in [0.3, 0.4) is 0 Å². The monoisotopic (exact) mass is 189 g/mol. The van der Waals surface area contributed by atoms with Gasteiger partial charge in [0, 0.05) is 6.07 Å². The fourth-order valence-corrected chi connectivity index (χ4v) is 1.80. The standard InChI is InChI=1S/C8H10F2NP/c1-11(2)12-8-4-6(9)3-7(10)5-8/h3-5,12H,1-2H3. The van der Waals surface area contributed by atoms with Gasteiger partial charge < -0.3 is 0 Å². The highest BCUT2D eigenvalue weighted by molar-refractivity contribution is 7.44. The summed E-state index contributed by atoms with van der Waals surface area (Å²) in [4.78, 5) is 0. The number of nitrogens with zero attached hydrogens (tertiary/aromatic N) is 1. The lowest BCUT2D eigenvalue weighted by Gasteiger charge is -2.09. The van der Waals surface area contributed by atoms with Crippen LogP contribution in [0, 0.1) is 11.6 Å². The van der Waals surface area contributed by atoms with Gasteiger partial charge in [-0.3, -0.25) is 4.67 Å². The molecule has 0 saturated carbocycles. The van der Waals surface area contributed by atoms with Gasteiger partial charge >= 0.3 is 0 Å². The van der Waals surface area contributed by atoms with Gasteiger partial charge in [0.05, 0.1) is 0 Å². The molecule has 1 atom stereocenters. The number of hydrogen-bond acceptors (Lipinski definition) is 1. The van der Waals surface area contributed by atoms with Crippen molar-refractivity contribution in [2.24, 2.45) is 0 Å². The number of hydrogen-bond donors (Lipinski definition) is 0. The van der Waals surface area contributed by atoms with E-state index in [0.717, 1.165) is 6.07 Å². The van der Waals surface area contributed by atoms with Crippen molar-refractivity contribution >= 4 is 14.0 Å². The van der Waals surface area contributed by atoms with Crippen molar-refractivity contribution in [2.75, 3.05) is 14.1 Å². The summed E-state index contributed by atoms with van der Waals surface area (Å²) in [6.07, 6.45) is 0. The van der Waals surface area contributed by atoms with Crippen LogP contribution in [-0.2, 0) is 0 Å². The van der Waals surface area contributed by atoms with Crippen molar-refractivity contribution in [2.45, 2.75) is 0 Å². The summed E-state index contributed by atoms with van der Waals surface area (Å²) < 4.78 is 27.1. The molecule has 0 aliphatic rings. The first kappa shape index (κ1) is 9.56. The van der Waals surface area contributed by atoms with Crippen LogP contribution < -0.4 is 5.30 Å². The predicted octanol–water partition coefficient (Wildman–Crippen LogP) is 1.75. The van der Waals surface area contributed by atoms with Gasteiger partial charge in [0.25, 0.3) is 0 Å². The molecular weight excluding hydrogens is 179 g/mol. The minimum absolute atomic E-state index is 0.307. The van der Waals surface area contributed by atoms with E-state index in [0.29, 0.717) is 14.0 Å². The second-order valence-electron chi connectivity index (χ2n) is 2.66. The Labute approximate surface area is 72.2 Å². The molecule has 12 heavy (non-hydrogen) atoms. The minimum atomic E-state index is -0.514. The van der Waals surface area contributed by atoms with Crippen LogP contribution in [-0.4, -0.2) is 18.8 Å². The van der Waals surface area contributed by atoms with Crippen molar-refractivity contribution in [3.05, 3.63) is 29.8 Å². The minimum Gasteiger partial charge on any atom is -0.287 e. The largest absolute Gasteiger partial charge is 0.287 e.